The third-order valence-electron chi connectivity index (χ3n) is 1.42. The van der Waals surface area contributed by atoms with E-state index in [4.69, 9.17) is 5.84 Å². The standard InChI is InChI=1S/C8H19N3/c1-7(2)5-8(10-9)6-11(3)4/h8,10H,1,5-6,9H2,2-4H3. The van der Waals surface area contributed by atoms with E-state index in [-0.39, 0.29) is 0 Å². The molecule has 3 heteroatoms. The van der Waals surface area contributed by atoms with Crippen molar-refractivity contribution in [3.8, 4) is 0 Å². The van der Waals surface area contributed by atoms with Gasteiger partial charge in [0.1, 0.15) is 0 Å². The molecule has 0 rings (SSSR count). The molecular weight excluding hydrogens is 138 g/mol. The van der Waals surface area contributed by atoms with E-state index in [1.807, 2.05) is 21.0 Å². The van der Waals surface area contributed by atoms with E-state index >= 15 is 0 Å². The molecule has 3 N–H and O–H groups in total. The van der Waals surface area contributed by atoms with Crippen molar-refractivity contribution in [3.63, 3.8) is 0 Å². The summed E-state index contributed by atoms with van der Waals surface area (Å²) in [5, 5.41) is 0. The lowest BCUT2D eigenvalue weighted by Gasteiger charge is -2.19. The highest BCUT2D eigenvalue weighted by Crippen LogP contribution is 2.01. The number of rotatable bonds is 5. The van der Waals surface area contributed by atoms with E-state index in [0.29, 0.717) is 6.04 Å². The maximum Gasteiger partial charge on any atom is 0.0374 e. The SMILES string of the molecule is C=C(C)CC(CN(C)C)NN. The Kier molecular flexibility index (Phi) is 5.11. The van der Waals surface area contributed by atoms with E-state index in [9.17, 15) is 0 Å². The molecule has 0 heterocycles. The van der Waals surface area contributed by atoms with E-state index in [1.165, 1.54) is 0 Å². The zero-order valence-corrected chi connectivity index (χ0v) is 7.72. The predicted molar refractivity (Wildman–Crippen MR) is 49.1 cm³/mol. The van der Waals surface area contributed by atoms with Crippen LogP contribution in [-0.4, -0.2) is 31.6 Å². The first-order valence-electron chi connectivity index (χ1n) is 3.81. The number of hydrogen-bond acceptors (Lipinski definition) is 3. The van der Waals surface area contributed by atoms with E-state index in [0.717, 1.165) is 18.5 Å². The molecule has 0 bridgehead atoms. The average molecular weight is 157 g/mol. The molecule has 0 aromatic carbocycles. The number of likely N-dealkylation sites (N-methyl/N-ethyl adjacent to an activating group) is 1. The van der Waals surface area contributed by atoms with Crippen molar-refractivity contribution in [1.82, 2.24) is 10.3 Å². The number of nitrogens with two attached hydrogens (primary N) is 1. The Morgan fingerprint density at radius 3 is 2.45 bits per heavy atom. The Bertz CT molecular complexity index is 121. The van der Waals surface area contributed by atoms with Gasteiger partial charge in [-0.25, -0.2) is 0 Å². The van der Waals surface area contributed by atoms with Gasteiger partial charge in [0.15, 0.2) is 0 Å². The summed E-state index contributed by atoms with van der Waals surface area (Å²) in [7, 11) is 4.06. The van der Waals surface area contributed by atoms with Crippen molar-refractivity contribution >= 4 is 0 Å². The smallest absolute Gasteiger partial charge is 0.0374 e. The number of hydrazine groups is 1. The van der Waals surface area contributed by atoms with Gasteiger partial charge in [0.2, 0.25) is 0 Å². The normalized spacial score (nSPS) is 13.5. The van der Waals surface area contributed by atoms with Crippen molar-refractivity contribution in [2.45, 2.75) is 19.4 Å². The molecule has 0 aliphatic heterocycles. The van der Waals surface area contributed by atoms with Crippen molar-refractivity contribution in [2.75, 3.05) is 20.6 Å². The van der Waals surface area contributed by atoms with Gasteiger partial charge in [0.25, 0.3) is 0 Å². The molecule has 66 valence electrons. The van der Waals surface area contributed by atoms with Crippen molar-refractivity contribution in [2.24, 2.45) is 5.84 Å². The van der Waals surface area contributed by atoms with Gasteiger partial charge in [-0.1, -0.05) is 5.57 Å². The van der Waals surface area contributed by atoms with Crippen LogP contribution in [0.2, 0.25) is 0 Å². The molecule has 0 aromatic heterocycles. The van der Waals surface area contributed by atoms with Crippen LogP contribution in [0.4, 0.5) is 0 Å². The van der Waals surface area contributed by atoms with Crippen LogP contribution in [0.1, 0.15) is 13.3 Å². The first kappa shape index (κ1) is 10.6. The second-order valence-electron chi connectivity index (χ2n) is 3.29. The lowest BCUT2D eigenvalue weighted by molar-refractivity contribution is 0.338. The summed E-state index contributed by atoms with van der Waals surface area (Å²) in [4.78, 5) is 2.10. The zero-order valence-electron chi connectivity index (χ0n) is 7.72. The molecule has 1 unspecified atom stereocenters. The summed E-state index contributed by atoms with van der Waals surface area (Å²) < 4.78 is 0. The number of nitrogens with one attached hydrogen (secondary N) is 1. The minimum absolute atomic E-state index is 0.322. The second-order valence-corrected chi connectivity index (χ2v) is 3.29. The number of hydrogen-bond donors (Lipinski definition) is 2. The molecular formula is C8H19N3. The summed E-state index contributed by atoms with van der Waals surface area (Å²) in [5.74, 6) is 5.35. The summed E-state index contributed by atoms with van der Waals surface area (Å²) in [6.07, 6.45) is 0.939. The first-order valence-corrected chi connectivity index (χ1v) is 3.81. The largest absolute Gasteiger partial charge is 0.308 e. The zero-order chi connectivity index (χ0) is 8.85. The van der Waals surface area contributed by atoms with Crippen LogP contribution in [0.15, 0.2) is 12.2 Å². The van der Waals surface area contributed by atoms with Gasteiger partial charge < -0.3 is 4.90 Å². The van der Waals surface area contributed by atoms with Gasteiger partial charge in [-0.3, -0.25) is 11.3 Å². The van der Waals surface area contributed by atoms with Gasteiger partial charge in [0, 0.05) is 12.6 Å². The lowest BCUT2D eigenvalue weighted by atomic mass is 10.1. The Hall–Kier alpha value is -0.380. The monoisotopic (exact) mass is 157 g/mol. The summed E-state index contributed by atoms with van der Waals surface area (Å²) >= 11 is 0. The van der Waals surface area contributed by atoms with Gasteiger partial charge in [-0.15, -0.1) is 6.58 Å². The van der Waals surface area contributed by atoms with Crippen molar-refractivity contribution < 1.29 is 0 Å². The summed E-state index contributed by atoms with van der Waals surface area (Å²) in [5.41, 5.74) is 3.92. The highest BCUT2D eigenvalue weighted by molar-refractivity contribution is 4.92. The quantitative estimate of drug-likeness (QED) is 0.344. The Labute approximate surface area is 69.2 Å². The molecule has 1 atom stereocenters. The molecule has 11 heavy (non-hydrogen) atoms. The second kappa shape index (κ2) is 5.29. The fourth-order valence-electron chi connectivity index (χ4n) is 1.04. The number of nitrogens with zero attached hydrogens (tertiary/aromatic N) is 1. The Balaban J connectivity index is 3.66. The molecule has 0 amide bonds. The first-order chi connectivity index (χ1) is 5.06. The van der Waals surface area contributed by atoms with Crippen LogP contribution >= 0.6 is 0 Å². The maximum absolute atomic E-state index is 5.35. The highest BCUT2D eigenvalue weighted by Gasteiger charge is 2.06. The van der Waals surface area contributed by atoms with Crippen LogP contribution in [0.5, 0.6) is 0 Å². The molecule has 0 aliphatic rings. The van der Waals surface area contributed by atoms with Crippen LogP contribution < -0.4 is 11.3 Å². The van der Waals surface area contributed by atoms with E-state index in [2.05, 4.69) is 16.9 Å². The lowest BCUT2D eigenvalue weighted by Crippen LogP contribution is -2.42. The van der Waals surface area contributed by atoms with Gasteiger partial charge in [0.05, 0.1) is 0 Å². The van der Waals surface area contributed by atoms with E-state index in [1.54, 1.807) is 0 Å². The van der Waals surface area contributed by atoms with Gasteiger partial charge in [-0.05, 0) is 27.4 Å². The third-order valence-corrected chi connectivity index (χ3v) is 1.42. The molecule has 0 spiro atoms. The molecule has 0 radical (unpaired) electrons. The molecule has 0 fully saturated rings. The fourth-order valence-corrected chi connectivity index (χ4v) is 1.04. The maximum atomic E-state index is 5.35. The minimum Gasteiger partial charge on any atom is -0.308 e. The topological polar surface area (TPSA) is 41.3 Å². The molecule has 0 saturated heterocycles. The fraction of sp³-hybridized carbons (Fsp3) is 0.750. The van der Waals surface area contributed by atoms with E-state index < -0.39 is 0 Å². The van der Waals surface area contributed by atoms with Crippen LogP contribution in [0.25, 0.3) is 0 Å². The minimum atomic E-state index is 0.322. The molecule has 0 aliphatic carbocycles. The predicted octanol–water partition coefficient (Wildman–Crippen LogP) is 0.346. The van der Waals surface area contributed by atoms with Crippen LogP contribution in [-0.2, 0) is 0 Å². The Morgan fingerprint density at radius 1 is 1.64 bits per heavy atom. The summed E-state index contributed by atoms with van der Waals surface area (Å²) in [6, 6.07) is 0.322. The molecule has 0 saturated carbocycles. The van der Waals surface area contributed by atoms with Crippen molar-refractivity contribution in [1.29, 1.82) is 0 Å². The van der Waals surface area contributed by atoms with Gasteiger partial charge >= 0.3 is 0 Å². The molecule has 0 aromatic rings. The van der Waals surface area contributed by atoms with Gasteiger partial charge in [-0.2, -0.15) is 0 Å². The van der Waals surface area contributed by atoms with Crippen LogP contribution in [0, 0.1) is 0 Å². The molecule has 3 nitrogen and oxygen atoms in total. The third kappa shape index (κ3) is 6.04. The highest BCUT2D eigenvalue weighted by atomic mass is 15.3. The van der Waals surface area contributed by atoms with Crippen LogP contribution in [0.3, 0.4) is 0 Å². The van der Waals surface area contributed by atoms with Crippen molar-refractivity contribution in [3.05, 3.63) is 12.2 Å². The Morgan fingerprint density at radius 2 is 2.18 bits per heavy atom. The average Bonchev–Trinajstić information content (AvgIpc) is 1.84. The summed E-state index contributed by atoms with van der Waals surface area (Å²) in [6.45, 7) is 6.80.